The third-order valence-corrected chi connectivity index (χ3v) is 0.521. The molecule has 0 saturated carbocycles. The molecule has 0 aliphatic rings. The predicted molar refractivity (Wildman–Crippen MR) is 35.2 cm³/mol. The molecular formula is C5H11N3. The zero-order valence-electron chi connectivity index (χ0n) is 5.18. The van der Waals surface area contributed by atoms with Gasteiger partial charge < -0.3 is 11.2 Å². The van der Waals surface area contributed by atoms with Crippen molar-refractivity contribution in [2.24, 2.45) is 10.9 Å². The Morgan fingerprint density at radius 1 is 1.62 bits per heavy atom. The zero-order valence-corrected chi connectivity index (χ0v) is 5.18. The van der Waals surface area contributed by atoms with E-state index < -0.39 is 0 Å². The summed E-state index contributed by atoms with van der Waals surface area (Å²) in [5.74, 6) is 4.79. The molecule has 0 saturated heterocycles. The van der Waals surface area contributed by atoms with E-state index in [0.717, 1.165) is 0 Å². The lowest BCUT2D eigenvalue weighted by molar-refractivity contribution is 1.17. The molecule has 0 rings (SSSR count). The fourth-order valence-corrected chi connectivity index (χ4v) is 0.247. The fraction of sp³-hybridized carbons (Fsp3) is 0.400. The highest BCUT2D eigenvalue weighted by molar-refractivity contribution is 5.55. The molecule has 0 radical (unpaired) electrons. The van der Waals surface area contributed by atoms with Crippen molar-refractivity contribution in [3.05, 3.63) is 11.8 Å². The van der Waals surface area contributed by atoms with Crippen LogP contribution in [0, 0.1) is 0 Å². The fourth-order valence-electron chi connectivity index (χ4n) is 0.247. The molecule has 0 aromatic carbocycles. The minimum absolute atomic E-state index is 1.19. The maximum Gasteiger partial charge on any atom is 0.112 e. The molecule has 3 nitrogen and oxygen atoms in total. The molecule has 0 heterocycles. The second-order valence-corrected chi connectivity index (χ2v) is 1.67. The number of hydrogen-bond donors (Lipinski definition) is 2. The number of rotatable bonds is 2. The molecule has 0 aromatic heterocycles. The topological polar surface area (TPSA) is 50.4 Å². The molecule has 0 amide bonds. The van der Waals surface area contributed by atoms with Crippen molar-refractivity contribution in [2.45, 2.75) is 13.8 Å². The van der Waals surface area contributed by atoms with Crippen molar-refractivity contribution in [1.29, 1.82) is 0 Å². The van der Waals surface area contributed by atoms with Gasteiger partial charge in [-0.05, 0) is 13.8 Å². The van der Waals surface area contributed by atoms with Gasteiger partial charge in [0.1, 0.15) is 6.34 Å². The molecule has 0 spiro atoms. The summed E-state index contributed by atoms with van der Waals surface area (Å²) < 4.78 is 0. The minimum Gasteiger partial charge on any atom is -0.351 e. The van der Waals surface area contributed by atoms with Gasteiger partial charge in [0.05, 0.1) is 0 Å². The molecule has 8 heavy (non-hydrogen) atoms. The first kappa shape index (κ1) is 7.01. The molecule has 0 aromatic rings. The number of hydrogen-bond acceptors (Lipinski definition) is 2. The highest BCUT2D eigenvalue weighted by Crippen LogP contribution is 1.81. The number of nitrogens with one attached hydrogen (secondary N) is 1. The van der Waals surface area contributed by atoms with Crippen molar-refractivity contribution in [3.63, 3.8) is 0 Å². The molecule has 46 valence electrons. The van der Waals surface area contributed by atoms with Crippen molar-refractivity contribution in [3.8, 4) is 0 Å². The lowest BCUT2D eigenvalue weighted by atomic mass is 10.4. The second kappa shape index (κ2) is 4.18. The van der Waals surface area contributed by atoms with Crippen molar-refractivity contribution < 1.29 is 0 Å². The van der Waals surface area contributed by atoms with E-state index in [-0.39, 0.29) is 0 Å². The van der Waals surface area contributed by atoms with Crippen LogP contribution in [-0.4, -0.2) is 6.34 Å². The zero-order chi connectivity index (χ0) is 6.41. The van der Waals surface area contributed by atoms with Gasteiger partial charge in [-0.25, -0.2) is 0 Å². The lowest BCUT2D eigenvalue weighted by Crippen LogP contribution is -2.02. The van der Waals surface area contributed by atoms with Crippen LogP contribution in [0.1, 0.15) is 13.8 Å². The number of nitrogens with two attached hydrogens (primary N) is 1. The van der Waals surface area contributed by atoms with Gasteiger partial charge >= 0.3 is 0 Å². The quantitative estimate of drug-likeness (QED) is 0.236. The van der Waals surface area contributed by atoms with Gasteiger partial charge in [0, 0.05) is 6.20 Å². The van der Waals surface area contributed by atoms with Gasteiger partial charge in [-0.3, -0.25) is 0 Å². The van der Waals surface area contributed by atoms with E-state index in [2.05, 4.69) is 10.4 Å². The Bertz CT molecular complexity index is 100. The largest absolute Gasteiger partial charge is 0.351 e. The van der Waals surface area contributed by atoms with E-state index in [0.29, 0.717) is 0 Å². The summed E-state index contributed by atoms with van der Waals surface area (Å²) in [5, 5.41) is 5.98. The average Bonchev–Trinajstić information content (AvgIpc) is 1.66. The number of nitrogens with zero attached hydrogens (tertiary/aromatic N) is 1. The molecule has 0 fully saturated rings. The third-order valence-electron chi connectivity index (χ3n) is 0.521. The molecule has 0 unspecified atom stereocenters. The van der Waals surface area contributed by atoms with Crippen LogP contribution >= 0.6 is 0 Å². The molecule has 0 bridgehead atoms. The van der Waals surface area contributed by atoms with Crippen LogP contribution in [0.3, 0.4) is 0 Å². The monoisotopic (exact) mass is 113 g/mol. The average molecular weight is 113 g/mol. The standard InChI is InChI=1S/C5H11N3/c1-5(2)3-7-4-8-6/h3-4H,6H2,1-2H3,(H,7,8). The van der Waals surface area contributed by atoms with Crippen molar-refractivity contribution in [2.75, 3.05) is 0 Å². The van der Waals surface area contributed by atoms with E-state index in [1.54, 1.807) is 0 Å². The Hall–Kier alpha value is -0.990. The summed E-state index contributed by atoms with van der Waals surface area (Å²) in [6.45, 7) is 3.97. The van der Waals surface area contributed by atoms with Crippen LogP contribution in [-0.2, 0) is 0 Å². The summed E-state index contributed by atoms with van der Waals surface area (Å²) in [4.78, 5) is 0. The molecule has 0 aliphatic carbocycles. The Morgan fingerprint density at radius 3 is 2.62 bits per heavy atom. The maximum absolute atomic E-state index is 4.79. The first-order valence-electron chi connectivity index (χ1n) is 2.38. The van der Waals surface area contributed by atoms with Gasteiger partial charge in [0.2, 0.25) is 0 Å². The summed E-state index contributed by atoms with van der Waals surface area (Å²) in [5.41, 5.74) is 1.19. The molecule has 0 atom stereocenters. The minimum atomic E-state index is 1.19. The van der Waals surface area contributed by atoms with Crippen LogP contribution in [0.4, 0.5) is 0 Å². The normalized spacial score (nSPS) is 9.25. The Kier molecular flexibility index (Phi) is 3.66. The molecule has 0 aliphatic heterocycles. The maximum atomic E-state index is 4.79. The van der Waals surface area contributed by atoms with Crippen LogP contribution in [0.2, 0.25) is 0 Å². The Labute approximate surface area is 49.3 Å². The number of allylic oxidation sites excluding steroid dienone is 1. The van der Waals surface area contributed by atoms with Gasteiger partial charge in [-0.15, -0.1) is 0 Å². The SMILES string of the molecule is CC(C)=CN/C=N\N. The predicted octanol–water partition coefficient (Wildman–Crippen LogP) is 0.402. The van der Waals surface area contributed by atoms with Gasteiger partial charge in [0.15, 0.2) is 0 Å². The summed E-state index contributed by atoms with van der Waals surface area (Å²) >= 11 is 0. The van der Waals surface area contributed by atoms with E-state index in [4.69, 9.17) is 5.84 Å². The van der Waals surface area contributed by atoms with Crippen LogP contribution < -0.4 is 11.2 Å². The van der Waals surface area contributed by atoms with E-state index in [1.807, 2.05) is 20.0 Å². The Morgan fingerprint density at radius 2 is 2.25 bits per heavy atom. The highest BCUT2D eigenvalue weighted by Gasteiger charge is 1.69. The van der Waals surface area contributed by atoms with Crippen molar-refractivity contribution in [1.82, 2.24) is 5.32 Å². The third kappa shape index (κ3) is 5.01. The van der Waals surface area contributed by atoms with Crippen LogP contribution in [0.15, 0.2) is 16.9 Å². The van der Waals surface area contributed by atoms with Gasteiger partial charge in [-0.1, -0.05) is 5.57 Å². The first-order chi connectivity index (χ1) is 3.77. The van der Waals surface area contributed by atoms with E-state index in [1.165, 1.54) is 11.9 Å². The van der Waals surface area contributed by atoms with Crippen molar-refractivity contribution >= 4 is 6.34 Å². The summed E-state index contributed by atoms with van der Waals surface area (Å²) in [6.07, 6.45) is 3.24. The van der Waals surface area contributed by atoms with Crippen LogP contribution in [0.5, 0.6) is 0 Å². The highest BCUT2D eigenvalue weighted by atomic mass is 15.1. The lowest BCUT2D eigenvalue weighted by Gasteiger charge is -1.87. The molecular weight excluding hydrogens is 102 g/mol. The van der Waals surface area contributed by atoms with Gasteiger partial charge in [-0.2, -0.15) is 5.10 Å². The van der Waals surface area contributed by atoms with E-state index in [9.17, 15) is 0 Å². The smallest absolute Gasteiger partial charge is 0.112 e. The van der Waals surface area contributed by atoms with E-state index >= 15 is 0 Å². The Balaban J connectivity index is 3.30. The summed E-state index contributed by atoms with van der Waals surface area (Å²) in [7, 11) is 0. The second-order valence-electron chi connectivity index (χ2n) is 1.67. The summed E-state index contributed by atoms with van der Waals surface area (Å²) in [6, 6.07) is 0. The molecule has 3 heteroatoms. The first-order valence-corrected chi connectivity index (χ1v) is 2.38. The van der Waals surface area contributed by atoms with Crippen LogP contribution in [0.25, 0.3) is 0 Å². The number of hydrazone groups is 1. The van der Waals surface area contributed by atoms with Gasteiger partial charge in [0.25, 0.3) is 0 Å². The molecule has 3 N–H and O–H groups in total.